The summed E-state index contributed by atoms with van der Waals surface area (Å²) in [5.74, 6) is 0. The SMILES string of the molecule is CCCCn1c(C)ccc(C(C)N)c1=O. The number of nitrogens with zero attached hydrogens (tertiary/aromatic N) is 1. The molecule has 0 aliphatic heterocycles. The second-order valence-corrected chi connectivity index (χ2v) is 4.03. The highest BCUT2D eigenvalue weighted by Crippen LogP contribution is 2.06. The first-order valence-corrected chi connectivity index (χ1v) is 5.53. The van der Waals surface area contributed by atoms with Crippen LogP contribution in [0.1, 0.15) is 44.0 Å². The molecule has 1 aromatic rings. The normalized spacial score (nSPS) is 12.8. The van der Waals surface area contributed by atoms with E-state index in [1.54, 1.807) is 0 Å². The van der Waals surface area contributed by atoms with Gasteiger partial charge in [0.1, 0.15) is 0 Å². The Balaban J connectivity index is 3.13. The Morgan fingerprint density at radius 1 is 1.47 bits per heavy atom. The summed E-state index contributed by atoms with van der Waals surface area (Å²) in [6, 6.07) is 3.62. The monoisotopic (exact) mass is 208 g/mol. The molecule has 15 heavy (non-hydrogen) atoms. The second kappa shape index (κ2) is 5.12. The molecular formula is C12H20N2O. The van der Waals surface area contributed by atoms with E-state index in [1.807, 2.05) is 30.5 Å². The third-order valence-corrected chi connectivity index (χ3v) is 2.65. The summed E-state index contributed by atoms with van der Waals surface area (Å²) in [5.41, 5.74) is 7.53. The molecule has 84 valence electrons. The van der Waals surface area contributed by atoms with Crippen LogP contribution in [0.15, 0.2) is 16.9 Å². The van der Waals surface area contributed by atoms with E-state index >= 15 is 0 Å². The third kappa shape index (κ3) is 2.69. The highest BCUT2D eigenvalue weighted by Gasteiger charge is 2.08. The zero-order valence-corrected chi connectivity index (χ0v) is 9.79. The fourth-order valence-corrected chi connectivity index (χ4v) is 1.63. The van der Waals surface area contributed by atoms with Crippen molar-refractivity contribution in [2.75, 3.05) is 0 Å². The molecule has 0 radical (unpaired) electrons. The summed E-state index contributed by atoms with van der Waals surface area (Å²) in [7, 11) is 0. The van der Waals surface area contributed by atoms with Crippen LogP contribution >= 0.6 is 0 Å². The van der Waals surface area contributed by atoms with Crippen LogP contribution in [0, 0.1) is 6.92 Å². The van der Waals surface area contributed by atoms with Crippen molar-refractivity contribution < 1.29 is 0 Å². The van der Waals surface area contributed by atoms with Crippen molar-refractivity contribution in [3.8, 4) is 0 Å². The predicted molar refractivity (Wildman–Crippen MR) is 62.9 cm³/mol. The Morgan fingerprint density at radius 2 is 2.13 bits per heavy atom. The van der Waals surface area contributed by atoms with Gasteiger partial charge in [0.2, 0.25) is 0 Å². The Kier molecular flexibility index (Phi) is 4.09. The fourth-order valence-electron chi connectivity index (χ4n) is 1.63. The Morgan fingerprint density at radius 3 is 2.67 bits per heavy atom. The van der Waals surface area contributed by atoms with Crippen LogP contribution in [-0.4, -0.2) is 4.57 Å². The maximum atomic E-state index is 12.0. The standard InChI is InChI=1S/C12H20N2O/c1-4-5-8-14-9(2)6-7-11(10(3)13)12(14)15/h6-7,10H,4-5,8,13H2,1-3H3. The highest BCUT2D eigenvalue weighted by atomic mass is 16.1. The van der Waals surface area contributed by atoms with Gasteiger partial charge in [-0.1, -0.05) is 19.4 Å². The topological polar surface area (TPSA) is 48.0 Å². The first-order valence-electron chi connectivity index (χ1n) is 5.53. The molecule has 1 heterocycles. The largest absolute Gasteiger partial charge is 0.324 e. The molecule has 0 bridgehead atoms. The van der Waals surface area contributed by atoms with Gasteiger partial charge in [0.15, 0.2) is 0 Å². The Bertz CT molecular complexity index is 380. The lowest BCUT2D eigenvalue weighted by atomic mass is 10.1. The fraction of sp³-hybridized carbons (Fsp3) is 0.583. The zero-order valence-electron chi connectivity index (χ0n) is 9.79. The predicted octanol–water partition coefficient (Wildman–Crippen LogP) is 1.98. The molecule has 1 unspecified atom stereocenters. The van der Waals surface area contributed by atoms with Crippen LogP contribution in [0.5, 0.6) is 0 Å². The molecule has 1 aromatic heterocycles. The quantitative estimate of drug-likeness (QED) is 0.822. The summed E-state index contributed by atoms with van der Waals surface area (Å²) in [5, 5.41) is 0. The lowest BCUT2D eigenvalue weighted by molar-refractivity contribution is 0.588. The number of rotatable bonds is 4. The van der Waals surface area contributed by atoms with Crippen molar-refractivity contribution in [3.05, 3.63) is 33.7 Å². The smallest absolute Gasteiger partial charge is 0.255 e. The van der Waals surface area contributed by atoms with Crippen molar-refractivity contribution in [3.63, 3.8) is 0 Å². The maximum Gasteiger partial charge on any atom is 0.255 e. The minimum absolute atomic E-state index is 0.0680. The minimum atomic E-state index is -0.189. The van der Waals surface area contributed by atoms with Crippen LogP contribution in [0.2, 0.25) is 0 Å². The average molecular weight is 208 g/mol. The summed E-state index contributed by atoms with van der Waals surface area (Å²) < 4.78 is 1.82. The van der Waals surface area contributed by atoms with E-state index in [0.29, 0.717) is 5.56 Å². The van der Waals surface area contributed by atoms with E-state index in [2.05, 4.69) is 6.92 Å². The van der Waals surface area contributed by atoms with Gasteiger partial charge in [0.25, 0.3) is 5.56 Å². The van der Waals surface area contributed by atoms with Gasteiger partial charge in [0, 0.05) is 23.8 Å². The molecule has 0 saturated heterocycles. The van der Waals surface area contributed by atoms with Crippen LogP contribution in [-0.2, 0) is 6.54 Å². The number of hydrogen-bond acceptors (Lipinski definition) is 2. The second-order valence-electron chi connectivity index (χ2n) is 4.03. The molecule has 0 saturated carbocycles. The molecule has 0 amide bonds. The van der Waals surface area contributed by atoms with Crippen LogP contribution in [0.3, 0.4) is 0 Å². The Labute approximate surface area is 90.9 Å². The first-order chi connectivity index (χ1) is 7.07. The molecular weight excluding hydrogens is 188 g/mol. The molecule has 3 heteroatoms. The van der Waals surface area contributed by atoms with Crippen LogP contribution in [0.25, 0.3) is 0 Å². The minimum Gasteiger partial charge on any atom is -0.324 e. The van der Waals surface area contributed by atoms with E-state index in [0.717, 1.165) is 25.1 Å². The van der Waals surface area contributed by atoms with Crippen molar-refractivity contribution in [1.82, 2.24) is 4.57 Å². The van der Waals surface area contributed by atoms with Crippen LogP contribution < -0.4 is 11.3 Å². The van der Waals surface area contributed by atoms with Gasteiger partial charge in [0.05, 0.1) is 0 Å². The highest BCUT2D eigenvalue weighted by molar-refractivity contribution is 5.18. The lowest BCUT2D eigenvalue weighted by Gasteiger charge is -2.13. The number of unbranched alkanes of at least 4 members (excludes halogenated alkanes) is 1. The van der Waals surface area contributed by atoms with Crippen molar-refractivity contribution >= 4 is 0 Å². The van der Waals surface area contributed by atoms with Crippen molar-refractivity contribution in [2.45, 2.75) is 46.2 Å². The molecule has 0 aliphatic carbocycles. The summed E-state index contributed by atoms with van der Waals surface area (Å²) >= 11 is 0. The molecule has 1 atom stereocenters. The summed E-state index contributed by atoms with van der Waals surface area (Å²) in [4.78, 5) is 12.0. The summed E-state index contributed by atoms with van der Waals surface area (Å²) in [6.45, 7) is 6.72. The molecule has 3 nitrogen and oxygen atoms in total. The van der Waals surface area contributed by atoms with Gasteiger partial charge < -0.3 is 10.3 Å². The average Bonchev–Trinajstić information content (AvgIpc) is 2.17. The van der Waals surface area contributed by atoms with Gasteiger partial charge >= 0.3 is 0 Å². The van der Waals surface area contributed by atoms with E-state index in [-0.39, 0.29) is 11.6 Å². The number of aryl methyl sites for hydroxylation is 1. The first kappa shape index (κ1) is 12.0. The van der Waals surface area contributed by atoms with E-state index < -0.39 is 0 Å². The lowest BCUT2D eigenvalue weighted by Crippen LogP contribution is -2.28. The molecule has 0 aliphatic rings. The van der Waals surface area contributed by atoms with E-state index in [9.17, 15) is 4.79 Å². The molecule has 0 spiro atoms. The molecule has 2 N–H and O–H groups in total. The summed E-state index contributed by atoms with van der Waals surface area (Å²) in [6.07, 6.45) is 2.12. The van der Waals surface area contributed by atoms with Gasteiger partial charge in [-0.05, 0) is 26.3 Å². The van der Waals surface area contributed by atoms with Crippen molar-refractivity contribution in [2.24, 2.45) is 5.73 Å². The molecule has 0 aromatic carbocycles. The van der Waals surface area contributed by atoms with E-state index in [4.69, 9.17) is 5.73 Å². The number of aromatic nitrogens is 1. The number of nitrogens with two attached hydrogens (primary N) is 1. The van der Waals surface area contributed by atoms with Gasteiger partial charge in [-0.2, -0.15) is 0 Å². The van der Waals surface area contributed by atoms with Crippen LogP contribution in [0.4, 0.5) is 0 Å². The van der Waals surface area contributed by atoms with Crippen molar-refractivity contribution in [1.29, 1.82) is 0 Å². The van der Waals surface area contributed by atoms with Gasteiger partial charge in [-0.15, -0.1) is 0 Å². The molecule has 0 fully saturated rings. The maximum absolute atomic E-state index is 12.0. The molecule has 1 rings (SSSR count). The number of hydrogen-bond donors (Lipinski definition) is 1. The Hall–Kier alpha value is -1.09. The van der Waals surface area contributed by atoms with Gasteiger partial charge in [-0.3, -0.25) is 4.79 Å². The number of pyridine rings is 1. The van der Waals surface area contributed by atoms with Gasteiger partial charge in [-0.25, -0.2) is 0 Å². The van der Waals surface area contributed by atoms with E-state index in [1.165, 1.54) is 0 Å². The zero-order chi connectivity index (χ0) is 11.4. The third-order valence-electron chi connectivity index (χ3n) is 2.65.